The Labute approximate surface area is 104 Å². The molecule has 0 spiro atoms. The van der Waals surface area contributed by atoms with Crippen LogP contribution in [0.15, 0.2) is 11.6 Å². The average Bonchev–Trinajstić information content (AvgIpc) is 2.95. The van der Waals surface area contributed by atoms with Crippen LogP contribution in [0.1, 0.15) is 20.3 Å². The highest BCUT2D eigenvalue weighted by Gasteiger charge is 2.22. The monoisotopic (exact) mass is 270 g/mol. The van der Waals surface area contributed by atoms with Gasteiger partial charge in [0.15, 0.2) is 5.69 Å². The van der Waals surface area contributed by atoms with Gasteiger partial charge in [0.25, 0.3) is 0 Å². The molecule has 0 radical (unpaired) electrons. The predicted molar refractivity (Wildman–Crippen MR) is 61.5 cm³/mol. The Morgan fingerprint density at radius 3 is 2.76 bits per heavy atom. The Balaban J connectivity index is 2.54. The normalized spacial score (nSPS) is 10.2. The molecule has 17 heavy (non-hydrogen) atoms. The summed E-state index contributed by atoms with van der Waals surface area (Å²) < 4.78 is 8.39. The van der Waals surface area contributed by atoms with Gasteiger partial charge in [-0.2, -0.15) is 0 Å². The van der Waals surface area contributed by atoms with E-state index in [2.05, 4.69) is 14.1 Å². The second-order valence-electron chi connectivity index (χ2n) is 2.91. The number of carboxylic acid groups (broad SMARTS) is 1. The van der Waals surface area contributed by atoms with Crippen molar-refractivity contribution in [3.63, 3.8) is 0 Å². The van der Waals surface area contributed by atoms with E-state index in [1.807, 2.05) is 0 Å². The quantitative estimate of drug-likeness (QED) is 0.855. The first-order valence-corrected chi connectivity index (χ1v) is 6.01. The largest absolute Gasteiger partial charge is 0.476 e. The number of aromatic nitrogens is 2. The Hall–Kier alpha value is -1.80. The molecule has 2 heterocycles. The summed E-state index contributed by atoms with van der Waals surface area (Å²) in [7, 11) is 1.22. The van der Waals surface area contributed by atoms with Crippen LogP contribution in [0.5, 0.6) is 0 Å². The summed E-state index contributed by atoms with van der Waals surface area (Å²) in [6, 6.07) is 0. The third-order valence-corrected chi connectivity index (χ3v) is 3.56. The molecule has 0 unspecified atom stereocenters. The molecule has 8 heteroatoms. The van der Waals surface area contributed by atoms with Gasteiger partial charge >= 0.3 is 11.9 Å². The van der Waals surface area contributed by atoms with Crippen molar-refractivity contribution in [2.24, 2.45) is 0 Å². The van der Waals surface area contributed by atoms with Crippen LogP contribution in [0.25, 0.3) is 10.4 Å². The van der Waals surface area contributed by atoms with Crippen LogP contribution in [0.3, 0.4) is 0 Å². The molecule has 0 saturated heterocycles. The third kappa shape index (κ3) is 2.17. The Kier molecular flexibility index (Phi) is 3.16. The van der Waals surface area contributed by atoms with Gasteiger partial charge in [0.1, 0.15) is 0 Å². The van der Waals surface area contributed by atoms with Crippen molar-refractivity contribution in [1.82, 2.24) is 9.36 Å². The van der Waals surface area contributed by atoms with Gasteiger partial charge in [-0.05, 0) is 11.5 Å². The van der Waals surface area contributed by atoms with Crippen LogP contribution >= 0.6 is 22.9 Å². The number of carbonyl (C=O) groups is 2. The summed E-state index contributed by atoms with van der Waals surface area (Å²) in [5.74, 6) is -1.83. The number of thiazole rings is 1. The number of hydrogen-bond acceptors (Lipinski definition) is 7. The molecule has 0 aliphatic rings. The standard InChI is InChI=1S/C9H6N2O4S2/c1-15-9(14)7-11-5(8(12)13)6(17-7)4-2-10-16-3-4/h2-3H,1H3,(H,12,13). The molecule has 0 atom stereocenters. The maximum absolute atomic E-state index is 11.3. The van der Waals surface area contributed by atoms with Crippen molar-refractivity contribution in [3.05, 3.63) is 22.3 Å². The Bertz CT molecular complexity index is 562. The molecule has 1 N–H and O–H groups in total. The molecule has 88 valence electrons. The Morgan fingerprint density at radius 1 is 1.47 bits per heavy atom. The molecule has 0 bridgehead atoms. The zero-order chi connectivity index (χ0) is 12.4. The maximum atomic E-state index is 11.3. The SMILES string of the molecule is COC(=O)c1nc(C(=O)O)c(-c2cnsc2)s1. The minimum atomic E-state index is -1.18. The van der Waals surface area contributed by atoms with Gasteiger partial charge in [0.2, 0.25) is 5.01 Å². The summed E-state index contributed by atoms with van der Waals surface area (Å²) in [6.45, 7) is 0. The summed E-state index contributed by atoms with van der Waals surface area (Å²) in [6.07, 6.45) is 1.53. The number of carboxylic acids is 1. The summed E-state index contributed by atoms with van der Waals surface area (Å²) in [4.78, 5) is 26.5. The first kappa shape index (κ1) is 11.7. The zero-order valence-electron chi connectivity index (χ0n) is 8.54. The number of esters is 1. The molecule has 0 amide bonds. The van der Waals surface area contributed by atoms with Gasteiger partial charge in [0.05, 0.1) is 12.0 Å². The van der Waals surface area contributed by atoms with E-state index in [9.17, 15) is 9.59 Å². The molecule has 2 aromatic rings. The molecule has 2 aromatic heterocycles. The van der Waals surface area contributed by atoms with Crippen LogP contribution in [0.2, 0.25) is 0 Å². The van der Waals surface area contributed by atoms with E-state index in [0.29, 0.717) is 10.4 Å². The number of carbonyl (C=O) groups excluding carboxylic acids is 1. The highest BCUT2D eigenvalue weighted by atomic mass is 32.1. The summed E-state index contributed by atoms with van der Waals surface area (Å²) >= 11 is 2.18. The van der Waals surface area contributed by atoms with Crippen LogP contribution in [-0.2, 0) is 4.74 Å². The van der Waals surface area contributed by atoms with E-state index in [1.54, 1.807) is 5.38 Å². The van der Waals surface area contributed by atoms with E-state index in [1.165, 1.54) is 24.8 Å². The van der Waals surface area contributed by atoms with Crippen molar-refractivity contribution in [1.29, 1.82) is 0 Å². The first-order chi connectivity index (χ1) is 8.13. The minimum Gasteiger partial charge on any atom is -0.476 e. The number of methoxy groups -OCH3 is 1. The van der Waals surface area contributed by atoms with Crippen LogP contribution in [0.4, 0.5) is 0 Å². The van der Waals surface area contributed by atoms with Gasteiger partial charge < -0.3 is 9.84 Å². The number of nitrogens with zero attached hydrogens (tertiary/aromatic N) is 2. The molecule has 0 aromatic carbocycles. The van der Waals surface area contributed by atoms with Gasteiger partial charge in [-0.3, -0.25) is 0 Å². The molecule has 6 nitrogen and oxygen atoms in total. The molecule has 0 saturated carbocycles. The summed E-state index contributed by atoms with van der Waals surface area (Å²) in [5.41, 5.74) is 0.482. The summed E-state index contributed by atoms with van der Waals surface area (Å²) in [5, 5.41) is 10.7. The Morgan fingerprint density at radius 2 is 2.24 bits per heavy atom. The molecule has 0 aliphatic carbocycles. The topological polar surface area (TPSA) is 89.4 Å². The number of hydrogen-bond donors (Lipinski definition) is 1. The van der Waals surface area contributed by atoms with Gasteiger partial charge in [-0.25, -0.2) is 18.9 Å². The highest BCUT2D eigenvalue weighted by Crippen LogP contribution is 2.31. The smallest absolute Gasteiger partial charge is 0.367 e. The molecule has 0 fully saturated rings. The fraction of sp³-hybridized carbons (Fsp3) is 0.111. The predicted octanol–water partition coefficient (Wildman–Crippen LogP) is 1.75. The van der Waals surface area contributed by atoms with E-state index >= 15 is 0 Å². The molecular weight excluding hydrogens is 264 g/mol. The molecule has 2 rings (SSSR count). The van der Waals surface area contributed by atoms with E-state index < -0.39 is 11.9 Å². The zero-order valence-corrected chi connectivity index (χ0v) is 10.2. The lowest BCUT2D eigenvalue weighted by molar-refractivity contribution is 0.0600. The number of rotatable bonds is 3. The van der Waals surface area contributed by atoms with E-state index in [4.69, 9.17) is 5.11 Å². The highest BCUT2D eigenvalue weighted by molar-refractivity contribution is 7.17. The lowest BCUT2D eigenvalue weighted by Gasteiger charge is -1.91. The lowest BCUT2D eigenvalue weighted by Crippen LogP contribution is -2.03. The fourth-order valence-corrected chi connectivity index (χ4v) is 2.71. The van der Waals surface area contributed by atoms with Crippen LogP contribution in [-0.4, -0.2) is 33.5 Å². The fourth-order valence-electron chi connectivity index (χ4n) is 1.15. The second-order valence-corrected chi connectivity index (χ2v) is 4.56. The van der Waals surface area contributed by atoms with Crippen molar-refractivity contribution in [3.8, 4) is 10.4 Å². The minimum absolute atomic E-state index is 0.0195. The maximum Gasteiger partial charge on any atom is 0.367 e. The van der Waals surface area contributed by atoms with Crippen molar-refractivity contribution >= 4 is 34.8 Å². The van der Waals surface area contributed by atoms with E-state index in [0.717, 1.165) is 11.3 Å². The lowest BCUT2D eigenvalue weighted by atomic mass is 10.2. The number of ether oxygens (including phenoxy) is 1. The van der Waals surface area contributed by atoms with Gasteiger partial charge in [-0.15, -0.1) is 11.3 Å². The van der Waals surface area contributed by atoms with Crippen molar-refractivity contribution < 1.29 is 19.4 Å². The van der Waals surface area contributed by atoms with Crippen LogP contribution < -0.4 is 0 Å². The van der Waals surface area contributed by atoms with Gasteiger partial charge in [-0.1, -0.05) is 0 Å². The number of aromatic carboxylic acids is 1. The molecular formula is C9H6N2O4S2. The van der Waals surface area contributed by atoms with Crippen molar-refractivity contribution in [2.45, 2.75) is 0 Å². The van der Waals surface area contributed by atoms with E-state index in [-0.39, 0.29) is 10.7 Å². The molecule has 0 aliphatic heterocycles. The second kappa shape index (κ2) is 4.60. The average molecular weight is 270 g/mol. The van der Waals surface area contributed by atoms with Crippen LogP contribution in [0, 0.1) is 0 Å². The first-order valence-electron chi connectivity index (χ1n) is 4.35. The third-order valence-electron chi connectivity index (χ3n) is 1.88. The van der Waals surface area contributed by atoms with Crippen molar-refractivity contribution in [2.75, 3.05) is 7.11 Å². The van der Waals surface area contributed by atoms with Gasteiger partial charge in [0, 0.05) is 17.1 Å².